The molecule has 62 valence electrons. The van der Waals surface area contributed by atoms with Gasteiger partial charge >= 0.3 is 0 Å². The number of aromatic nitrogens is 1. The van der Waals surface area contributed by atoms with Gasteiger partial charge in [0.25, 0.3) is 0 Å². The molecule has 12 heavy (non-hydrogen) atoms. The van der Waals surface area contributed by atoms with E-state index in [-0.39, 0.29) is 5.75 Å². The van der Waals surface area contributed by atoms with Crippen LogP contribution in [0.15, 0.2) is 18.3 Å². The number of benzene rings is 1. The van der Waals surface area contributed by atoms with Crippen molar-refractivity contribution in [1.82, 2.24) is 4.98 Å². The lowest BCUT2D eigenvalue weighted by Crippen LogP contribution is -1.76. The number of rotatable bonds is 0. The van der Waals surface area contributed by atoms with Gasteiger partial charge in [-0.25, -0.2) is 4.39 Å². The molecule has 2 nitrogen and oxygen atoms in total. The van der Waals surface area contributed by atoms with E-state index in [2.05, 4.69) is 27.6 Å². The van der Waals surface area contributed by atoms with E-state index in [9.17, 15) is 4.39 Å². The molecule has 0 saturated carbocycles. The number of phenols is 1. The molecule has 0 bridgehead atoms. The molecule has 0 aliphatic carbocycles. The Morgan fingerprint density at radius 1 is 1.42 bits per heavy atom. The third-order valence-corrected chi connectivity index (χ3v) is 2.59. The minimum atomic E-state index is -0.597. The first-order chi connectivity index (χ1) is 5.68. The fraction of sp³-hybridized carbons (Fsp3) is 0. The molecule has 1 aromatic carbocycles. The number of hydrogen-bond acceptors (Lipinski definition) is 1. The molecule has 4 heteroatoms. The van der Waals surface area contributed by atoms with Crippen molar-refractivity contribution in [3.8, 4) is 5.75 Å². The molecule has 1 aromatic heterocycles. The highest BCUT2D eigenvalue weighted by Crippen LogP contribution is 2.26. The van der Waals surface area contributed by atoms with Crippen molar-refractivity contribution in [3.05, 3.63) is 27.7 Å². The van der Waals surface area contributed by atoms with Crippen LogP contribution in [0.4, 0.5) is 4.39 Å². The van der Waals surface area contributed by atoms with Crippen molar-refractivity contribution in [3.63, 3.8) is 0 Å². The Balaban J connectivity index is 2.87. The molecule has 0 aliphatic rings. The van der Waals surface area contributed by atoms with Crippen molar-refractivity contribution in [1.29, 1.82) is 0 Å². The van der Waals surface area contributed by atoms with Crippen LogP contribution >= 0.6 is 22.6 Å². The third-order valence-electron chi connectivity index (χ3n) is 1.70. The smallest absolute Gasteiger partial charge is 0.166 e. The van der Waals surface area contributed by atoms with E-state index >= 15 is 0 Å². The monoisotopic (exact) mass is 277 g/mol. The highest BCUT2D eigenvalue weighted by molar-refractivity contribution is 14.1. The molecule has 0 radical (unpaired) electrons. The summed E-state index contributed by atoms with van der Waals surface area (Å²) in [6, 6.07) is 2.70. The lowest BCUT2D eigenvalue weighted by atomic mass is 10.2. The zero-order chi connectivity index (χ0) is 8.72. The van der Waals surface area contributed by atoms with Crippen LogP contribution in [-0.4, -0.2) is 10.1 Å². The molecular formula is C8H5FINO. The van der Waals surface area contributed by atoms with Gasteiger partial charge in [0.05, 0.1) is 0 Å². The molecule has 2 rings (SSSR count). The van der Waals surface area contributed by atoms with Crippen LogP contribution < -0.4 is 0 Å². The highest BCUT2D eigenvalue weighted by atomic mass is 127. The Bertz CT molecular complexity index is 438. The summed E-state index contributed by atoms with van der Waals surface area (Å²) in [6.07, 6.45) is 1.77. The number of aromatic hydroxyl groups is 1. The summed E-state index contributed by atoms with van der Waals surface area (Å²) in [6.45, 7) is 0. The van der Waals surface area contributed by atoms with Crippen LogP contribution in [0.25, 0.3) is 10.9 Å². The zero-order valence-corrected chi connectivity index (χ0v) is 8.09. The summed E-state index contributed by atoms with van der Waals surface area (Å²) in [5.41, 5.74) is 0.703. The number of halogens is 2. The third kappa shape index (κ3) is 1.06. The normalized spacial score (nSPS) is 10.8. The lowest BCUT2D eigenvalue weighted by molar-refractivity contribution is 0.433. The standard InChI is InChI=1S/C8H5FINO/c9-5-2-7-4(1-8(5)12)6(10)3-11-7/h1-3,11-12H. The number of fused-ring (bicyclic) bond motifs is 1. The largest absolute Gasteiger partial charge is 0.505 e. The summed E-state index contributed by atoms with van der Waals surface area (Å²) in [7, 11) is 0. The van der Waals surface area contributed by atoms with Gasteiger partial charge in [-0.2, -0.15) is 0 Å². The minimum absolute atomic E-state index is 0.306. The second-order valence-electron chi connectivity index (χ2n) is 2.49. The summed E-state index contributed by atoms with van der Waals surface area (Å²) in [5.74, 6) is -0.902. The molecule has 0 aliphatic heterocycles. The number of nitrogens with one attached hydrogen (secondary N) is 1. The maximum absolute atomic E-state index is 12.8. The topological polar surface area (TPSA) is 36.0 Å². The number of aromatic amines is 1. The maximum Gasteiger partial charge on any atom is 0.166 e. The van der Waals surface area contributed by atoms with Crippen LogP contribution in [-0.2, 0) is 0 Å². The summed E-state index contributed by atoms with van der Waals surface area (Å²) in [5, 5.41) is 9.91. The average molecular weight is 277 g/mol. The van der Waals surface area contributed by atoms with Gasteiger partial charge in [-0.1, -0.05) is 0 Å². The second kappa shape index (κ2) is 2.62. The van der Waals surface area contributed by atoms with Gasteiger partial charge in [0.2, 0.25) is 0 Å². The number of H-pyrrole nitrogens is 1. The van der Waals surface area contributed by atoms with E-state index in [1.54, 1.807) is 6.20 Å². The molecule has 1 heterocycles. The van der Waals surface area contributed by atoms with Gasteiger partial charge in [0, 0.05) is 26.7 Å². The summed E-state index contributed by atoms with van der Waals surface area (Å²) < 4.78 is 13.8. The second-order valence-corrected chi connectivity index (χ2v) is 3.65. The average Bonchev–Trinajstić information content (AvgIpc) is 2.35. The molecule has 2 aromatic rings. The maximum atomic E-state index is 12.8. The number of hydrogen-bond donors (Lipinski definition) is 2. The molecule has 0 amide bonds. The molecular weight excluding hydrogens is 272 g/mol. The molecule has 2 N–H and O–H groups in total. The van der Waals surface area contributed by atoms with Gasteiger partial charge in [-0.15, -0.1) is 0 Å². The van der Waals surface area contributed by atoms with Crippen molar-refractivity contribution in [2.75, 3.05) is 0 Å². The van der Waals surface area contributed by atoms with E-state index in [0.717, 1.165) is 8.96 Å². The van der Waals surface area contributed by atoms with Crippen LogP contribution in [0, 0.1) is 9.39 Å². The van der Waals surface area contributed by atoms with Gasteiger partial charge in [0.15, 0.2) is 11.6 Å². The quantitative estimate of drug-likeness (QED) is 0.713. The highest BCUT2D eigenvalue weighted by Gasteiger charge is 2.06. The van der Waals surface area contributed by atoms with E-state index in [1.807, 2.05) is 0 Å². The van der Waals surface area contributed by atoms with Crippen LogP contribution in [0.5, 0.6) is 5.75 Å². The fourth-order valence-electron chi connectivity index (χ4n) is 1.10. The molecule has 0 saturated heterocycles. The van der Waals surface area contributed by atoms with Crippen molar-refractivity contribution >= 4 is 33.5 Å². The Morgan fingerprint density at radius 3 is 2.92 bits per heavy atom. The molecule has 0 spiro atoms. The van der Waals surface area contributed by atoms with E-state index in [4.69, 9.17) is 5.11 Å². The fourth-order valence-corrected chi connectivity index (χ4v) is 1.70. The van der Waals surface area contributed by atoms with E-state index < -0.39 is 5.82 Å². The number of phenolic OH excluding ortho intramolecular Hbond substituents is 1. The van der Waals surface area contributed by atoms with Crippen molar-refractivity contribution < 1.29 is 9.50 Å². The Morgan fingerprint density at radius 2 is 2.17 bits per heavy atom. The molecule has 0 unspecified atom stereocenters. The Labute approximate surface area is 81.5 Å². The van der Waals surface area contributed by atoms with Crippen LogP contribution in [0.2, 0.25) is 0 Å². The van der Waals surface area contributed by atoms with Crippen LogP contribution in [0.1, 0.15) is 0 Å². The first kappa shape index (κ1) is 7.85. The van der Waals surface area contributed by atoms with Gasteiger partial charge in [0.1, 0.15) is 0 Å². The summed E-state index contributed by atoms with van der Waals surface area (Å²) >= 11 is 2.12. The van der Waals surface area contributed by atoms with Gasteiger partial charge in [-0.05, 0) is 28.7 Å². The minimum Gasteiger partial charge on any atom is -0.505 e. The molecule has 0 atom stereocenters. The lowest BCUT2D eigenvalue weighted by Gasteiger charge is -1.95. The van der Waals surface area contributed by atoms with E-state index in [1.165, 1.54) is 12.1 Å². The van der Waals surface area contributed by atoms with E-state index in [0.29, 0.717) is 5.52 Å². The van der Waals surface area contributed by atoms with Crippen molar-refractivity contribution in [2.24, 2.45) is 0 Å². The summed E-state index contributed by atoms with van der Waals surface area (Å²) in [4.78, 5) is 2.90. The predicted molar refractivity (Wildman–Crippen MR) is 52.6 cm³/mol. The first-order valence-corrected chi connectivity index (χ1v) is 4.41. The van der Waals surface area contributed by atoms with Gasteiger partial charge in [-0.3, -0.25) is 0 Å². The molecule has 0 fully saturated rings. The Kier molecular flexibility index (Phi) is 1.71. The first-order valence-electron chi connectivity index (χ1n) is 3.33. The van der Waals surface area contributed by atoms with Gasteiger partial charge < -0.3 is 10.1 Å². The zero-order valence-electron chi connectivity index (χ0n) is 5.94. The van der Waals surface area contributed by atoms with Crippen LogP contribution in [0.3, 0.4) is 0 Å². The van der Waals surface area contributed by atoms with Crippen molar-refractivity contribution in [2.45, 2.75) is 0 Å². The SMILES string of the molecule is Oc1cc2c(I)c[nH]c2cc1F. The predicted octanol–water partition coefficient (Wildman–Crippen LogP) is 2.62. The Hall–Kier alpha value is -0.780.